The molecule has 24 heavy (non-hydrogen) atoms. The molecule has 1 saturated heterocycles. The molecule has 0 aliphatic carbocycles. The average Bonchev–Trinajstić information content (AvgIpc) is 2.97. The maximum Gasteiger partial charge on any atom is 0.150 e. The molecule has 130 valence electrons. The Labute approximate surface area is 149 Å². The molecule has 0 N–H and O–H groups in total. The van der Waals surface area contributed by atoms with Crippen molar-refractivity contribution >= 4 is 11.8 Å². The summed E-state index contributed by atoms with van der Waals surface area (Å²) in [7, 11) is 0. The number of aromatic nitrogens is 1. The molecule has 3 rings (SSSR count). The summed E-state index contributed by atoms with van der Waals surface area (Å²) in [6.45, 7) is 12.9. The van der Waals surface area contributed by atoms with Gasteiger partial charge in [0.25, 0.3) is 0 Å². The summed E-state index contributed by atoms with van der Waals surface area (Å²) in [5.74, 6) is 2.13. The lowest BCUT2D eigenvalue weighted by Crippen LogP contribution is -2.46. The van der Waals surface area contributed by atoms with Crippen LogP contribution in [0.4, 0.5) is 0 Å². The summed E-state index contributed by atoms with van der Waals surface area (Å²) < 4.78 is 5.32. The molecule has 1 aliphatic rings. The highest BCUT2D eigenvalue weighted by atomic mass is 32.2. The first-order valence-electron chi connectivity index (χ1n) is 8.67. The van der Waals surface area contributed by atoms with Gasteiger partial charge in [-0.25, -0.2) is 0 Å². The first-order chi connectivity index (χ1) is 11.6. The van der Waals surface area contributed by atoms with Gasteiger partial charge in [0.15, 0.2) is 5.76 Å². The third-order valence-electron chi connectivity index (χ3n) is 4.68. The van der Waals surface area contributed by atoms with E-state index in [4.69, 9.17) is 4.52 Å². The molecule has 1 aromatic heterocycles. The van der Waals surface area contributed by atoms with Gasteiger partial charge in [0.1, 0.15) is 0 Å². The van der Waals surface area contributed by atoms with Crippen molar-refractivity contribution in [2.75, 3.05) is 38.5 Å². The fourth-order valence-electron chi connectivity index (χ4n) is 2.98. The molecular weight excluding hydrogens is 318 g/mol. The Kier molecular flexibility index (Phi) is 5.98. The Morgan fingerprint density at radius 2 is 1.75 bits per heavy atom. The molecule has 4 nitrogen and oxygen atoms in total. The van der Waals surface area contributed by atoms with E-state index in [0.29, 0.717) is 0 Å². The fourth-order valence-corrected chi connectivity index (χ4v) is 3.99. The number of benzene rings is 1. The molecule has 1 aliphatic heterocycles. The summed E-state index contributed by atoms with van der Waals surface area (Å²) in [6, 6.07) is 8.80. The molecule has 2 aromatic rings. The zero-order valence-electron chi connectivity index (χ0n) is 14.9. The van der Waals surface area contributed by atoms with Gasteiger partial charge in [-0.2, -0.15) is 0 Å². The first kappa shape index (κ1) is 17.5. The number of thioether (sulfide) groups is 1. The van der Waals surface area contributed by atoms with Gasteiger partial charge in [-0.05, 0) is 44.0 Å². The van der Waals surface area contributed by atoms with Crippen LogP contribution in [0.15, 0.2) is 33.7 Å². The zero-order valence-corrected chi connectivity index (χ0v) is 15.7. The summed E-state index contributed by atoms with van der Waals surface area (Å²) in [5, 5.41) is 3.96. The molecule has 0 radical (unpaired) electrons. The second kappa shape index (κ2) is 8.19. The number of piperazine rings is 1. The second-order valence-corrected chi connectivity index (χ2v) is 7.82. The molecule has 1 aromatic carbocycles. The van der Waals surface area contributed by atoms with E-state index >= 15 is 0 Å². The predicted octanol–water partition coefficient (Wildman–Crippen LogP) is 3.51. The monoisotopic (exact) mass is 345 g/mol. The maximum atomic E-state index is 5.32. The van der Waals surface area contributed by atoms with E-state index in [1.54, 1.807) is 0 Å². The van der Waals surface area contributed by atoms with E-state index in [2.05, 4.69) is 47.0 Å². The molecule has 0 bridgehead atoms. The number of nitrogens with zero attached hydrogens (tertiary/aromatic N) is 3. The van der Waals surface area contributed by atoms with Crippen LogP contribution in [0.25, 0.3) is 0 Å². The van der Waals surface area contributed by atoms with E-state index in [1.165, 1.54) is 16.0 Å². The van der Waals surface area contributed by atoms with Crippen LogP contribution in [0.3, 0.4) is 0 Å². The van der Waals surface area contributed by atoms with Crippen molar-refractivity contribution in [2.24, 2.45) is 0 Å². The minimum atomic E-state index is 0.881. The van der Waals surface area contributed by atoms with E-state index < -0.39 is 0 Å². The quantitative estimate of drug-likeness (QED) is 0.748. The van der Waals surface area contributed by atoms with Crippen LogP contribution in [0, 0.1) is 20.8 Å². The second-order valence-electron chi connectivity index (χ2n) is 6.65. The normalized spacial score (nSPS) is 16.6. The van der Waals surface area contributed by atoms with Crippen LogP contribution >= 0.6 is 11.8 Å². The van der Waals surface area contributed by atoms with Crippen LogP contribution in [-0.2, 0) is 6.54 Å². The van der Waals surface area contributed by atoms with Gasteiger partial charge < -0.3 is 4.52 Å². The van der Waals surface area contributed by atoms with Crippen LogP contribution in [0.5, 0.6) is 0 Å². The third kappa shape index (κ3) is 4.85. The molecule has 0 amide bonds. The molecule has 0 saturated carbocycles. The summed E-state index contributed by atoms with van der Waals surface area (Å²) >= 11 is 1.96. The predicted molar refractivity (Wildman–Crippen MR) is 99.6 cm³/mol. The van der Waals surface area contributed by atoms with E-state index in [1.807, 2.05) is 24.8 Å². The number of rotatable bonds is 6. The van der Waals surface area contributed by atoms with Gasteiger partial charge in [0, 0.05) is 49.4 Å². The van der Waals surface area contributed by atoms with Crippen LogP contribution < -0.4 is 0 Å². The highest BCUT2D eigenvalue weighted by Gasteiger charge is 2.18. The highest BCUT2D eigenvalue weighted by Crippen LogP contribution is 2.21. The Hall–Kier alpha value is -1.30. The minimum Gasteiger partial charge on any atom is -0.360 e. The summed E-state index contributed by atoms with van der Waals surface area (Å²) in [5.41, 5.74) is 3.72. The number of hydrogen-bond donors (Lipinski definition) is 0. The van der Waals surface area contributed by atoms with E-state index in [0.717, 1.165) is 56.5 Å². The molecule has 0 atom stereocenters. The summed E-state index contributed by atoms with van der Waals surface area (Å²) in [6.07, 6.45) is 0. The SMILES string of the molecule is Cc1cc(CN2CCN(CCSc3ccc(C)c(C)c3)CC2)on1. The van der Waals surface area contributed by atoms with Gasteiger partial charge in [0.2, 0.25) is 0 Å². The Morgan fingerprint density at radius 1 is 1.00 bits per heavy atom. The largest absolute Gasteiger partial charge is 0.360 e. The van der Waals surface area contributed by atoms with Crippen molar-refractivity contribution in [1.82, 2.24) is 15.0 Å². The Bertz CT molecular complexity index is 662. The van der Waals surface area contributed by atoms with Gasteiger partial charge >= 0.3 is 0 Å². The third-order valence-corrected chi connectivity index (χ3v) is 5.65. The van der Waals surface area contributed by atoms with Crippen molar-refractivity contribution in [3.63, 3.8) is 0 Å². The molecule has 0 spiro atoms. The molecule has 0 unspecified atom stereocenters. The smallest absolute Gasteiger partial charge is 0.150 e. The fraction of sp³-hybridized carbons (Fsp3) is 0.526. The number of hydrogen-bond acceptors (Lipinski definition) is 5. The zero-order chi connectivity index (χ0) is 16.9. The molecule has 5 heteroatoms. The molecular formula is C19H27N3OS. The lowest BCUT2D eigenvalue weighted by molar-refractivity contribution is 0.123. The van der Waals surface area contributed by atoms with Crippen LogP contribution in [0.2, 0.25) is 0 Å². The van der Waals surface area contributed by atoms with Crippen LogP contribution in [-0.4, -0.2) is 53.4 Å². The lowest BCUT2D eigenvalue weighted by atomic mass is 10.1. The molecule has 2 heterocycles. The minimum absolute atomic E-state index is 0.881. The van der Waals surface area contributed by atoms with E-state index in [9.17, 15) is 0 Å². The Balaban J connectivity index is 1.37. The van der Waals surface area contributed by atoms with Gasteiger partial charge in [-0.15, -0.1) is 11.8 Å². The van der Waals surface area contributed by atoms with Crippen molar-refractivity contribution < 1.29 is 4.52 Å². The standard InChI is InChI=1S/C19H27N3OS/c1-15-4-5-19(12-16(15)2)24-11-10-21-6-8-22(9-7-21)14-18-13-17(3)20-23-18/h4-5,12-13H,6-11,14H2,1-3H3. The maximum absolute atomic E-state index is 5.32. The number of aryl methyl sites for hydroxylation is 3. The first-order valence-corrected chi connectivity index (χ1v) is 9.66. The average molecular weight is 346 g/mol. The van der Waals surface area contributed by atoms with Crippen molar-refractivity contribution in [3.8, 4) is 0 Å². The lowest BCUT2D eigenvalue weighted by Gasteiger charge is -2.34. The van der Waals surface area contributed by atoms with Gasteiger partial charge in [0.05, 0.1) is 12.2 Å². The Morgan fingerprint density at radius 3 is 2.42 bits per heavy atom. The van der Waals surface area contributed by atoms with Crippen molar-refractivity contribution in [1.29, 1.82) is 0 Å². The van der Waals surface area contributed by atoms with E-state index in [-0.39, 0.29) is 0 Å². The molecule has 1 fully saturated rings. The topological polar surface area (TPSA) is 32.5 Å². The van der Waals surface area contributed by atoms with Gasteiger partial charge in [-0.1, -0.05) is 11.2 Å². The van der Waals surface area contributed by atoms with Crippen LogP contribution in [0.1, 0.15) is 22.6 Å². The van der Waals surface area contributed by atoms with Gasteiger partial charge in [-0.3, -0.25) is 9.80 Å². The summed E-state index contributed by atoms with van der Waals surface area (Å²) in [4.78, 5) is 6.40. The van der Waals surface area contributed by atoms with Crippen molar-refractivity contribution in [2.45, 2.75) is 32.2 Å². The van der Waals surface area contributed by atoms with Crippen molar-refractivity contribution in [3.05, 3.63) is 46.8 Å². The highest BCUT2D eigenvalue weighted by molar-refractivity contribution is 7.99.